The van der Waals surface area contributed by atoms with Crippen molar-refractivity contribution in [2.24, 2.45) is 0 Å². The standard InChI is InChI=1S/C13H15NO2S/c1-9-8-17-13(14-9)7-16-12-5-3-4-11(6-12)10(2)15/h3-6,8,10,15H,7H2,1-2H3/t10-/m0/s1. The first kappa shape index (κ1) is 12.1. The van der Waals surface area contributed by atoms with Crippen molar-refractivity contribution in [2.75, 3.05) is 0 Å². The van der Waals surface area contributed by atoms with E-state index in [9.17, 15) is 5.11 Å². The van der Waals surface area contributed by atoms with Gasteiger partial charge in [-0.2, -0.15) is 0 Å². The number of aromatic nitrogens is 1. The summed E-state index contributed by atoms with van der Waals surface area (Å²) in [6.07, 6.45) is -0.472. The molecule has 0 aliphatic rings. The first-order valence-electron chi connectivity index (χ1n) is 5.47. The van der Waals surface area contributed by atoms with E-state index in [1.54, 1.807) is 18.3 Å². The van der Waals surface area contributed by atoms with Gasteiger partial charge in [0.25, 0.3) is 0 Å². The molecule has 1 aromatic heterocycles. The molecule has 4 heteroatoms. The lowest BCUT2D eigenvalue weighted by Crippen LogP contribution is -1.97. The zero-order valence-corrected chi connectivity index (χ0v) is 10.7. The smallest absolute Gasteiger partial charge is 0.140 e. The minimum Gasteiger partial charge on any atom is -0.486 e. The van der Waals surface area contributed by atoms with Crippen molar-refractivity contribution >= 4 is 11.3 Å². The van der Waals surface area contributed by atoms with Gasteiger partial charge in [-0.15, -0.1) is 11.3 Å². The van der Waals surface area contributed by atoms with Gasteiger partial charge < -0.3 is 9.84 Å². The molecule has 17 heavy (non-hydrogen) atoms. The van der Waals surface area contributed by atoms with Gasteiger partial charge in [0, 0.05) is 11.1 Å². The number of thiazole rings is 1. The highest BCUT2D eigenvalue weighted by Crippen LogP contribution is 2.20. The molecule has 1 heterocycles. The van der Waals surface area contributed by atoms with E-state index in [1.165, 1.54) is 0 Å². The Morgan fingerprint density at radius 3 is 2.94 bits per heavy atom. The second-order valence-corrected chi connectivity index (χ2v) is 4.86. The van der Waals surface area contributed by atoms with Gasteiger partial charge >= 0.3 is 0 Å². The minimum absolute atomic E-state index is 0.472. The summed E-state index contributed by atoms with van der Waals surface area (Å²) in [5.74, 6) is 0.760. The molecule has 0 spiro atoms. The van der Waals surface area contributed by atoms with E-state index in [0.29, 0.717) is 6.61 Å². The number of hydrogen-bond donors (Lipinski definition) is 1. The summed E-state index contributed by atoms with van der Waals surface area (Å²) >= 11 is 1.59. The van der Waals surface area contributed by atoms with Crippen LogP contribution in [-0.2, 0) is 6.61 Å². The Kier molecular flexibility index (Phi) is 3.76. The Morgan fingerprint density at radius 1 is 1.47 bits per heavy atom. The van der Waals surface area contributed by atoms with Crippen molar-refractivity contribution in [3.05, 3.63) is 45.9 Å². The highest BCUT2D eigenvalue weighted by molar-refractivity contribution is 7.09. The molecule has 1 atom stereocenters. The van der Waals surface area contributed by atoms with Crippen LogP contribution in [0.4, 0.5) is 0 Å². The molecule has 0 saturated heterocycles. The molecule has 1 N–H and O–H groups in total. The van der Waals surface area contributed by atoms with Crippen LogP contribution in [0.15, 0.2) is 29.6 Å². The molecule has 90 valence electrons. The quantitative estimate of drug-likeness (QED) is 0.905. The van der Waals surface area contributed by atoms with Crippen molar-refractivity contribution in [3.63, 3.8) is 0 Å². The summed E-state index contributed by atoms with van der Waals surface area (Å²) in [4.78, 5) is 4.33. The van der Waals surface area contributed by atoms with Crippen LogP contribution in [0.1, 0.15) is 29.3 Å². The molecule has 2 aromatic rings. The molecule has 0 aliphatic carbocycles. The number of hydrogen-bond acceptors (Lipinski definition) is 4. The van der Waals surface area contributed by atoms with Crippen molar-refractivity contribution in [3.8, 4) is 5.75 Å². The number of aliphatic hydroxyl groups excluding tert-OH is 1. The number of rotatable bonds is 4. The van der Waals surface area contributed by atoms with Gasteiger partial charge in [0.1, 0.15) is 17.4 Å². The summed E-state index contributed by atoms with van der Waals surface area (Å²) < 4.78 is 5.63. The van der Waals surface area contributed by atoms with E-state index in [2.05, 4.69) is 4.98 Å². The molecule has 2 rings (SSSR count). The average molecular weight is 249 g/mol. The second kappa shape index (κ2) is 5.29. The van der Waals surface area contributed by atoms with Crippen LogP contribution in [0.2, 0.25) is 0 Å². The maximum atomic E-state index is 9.47. The van der Waals surface area contributed by atoms with Crippen LogP contribution in [-0.4, -0.2) is 10.1 Å². The van der Waals surface area contributed by atoms with Crippen molar-refractivity contribution in [2.45, 2.75) is 26.6 Å². The number of ether oxygens (including phenoxy) is 1. The molecule has 0 unspecified atom stereocenters. The van der Waals surface area contributed by atoms with Crippen LogP contribution < -0.4 is 4.74 Å². The predicted molar refractivity (Wildman–Crippen MR) is 68.3 cm³/mol. The SMILES string of the molecule is Cc1csc(COc2cccc([C@H](C)O)c2)n1. The third-order valence-corrected chi connectivity index (χ3v) is 3.31. The zero-order chi connectivity index (χ0) is 12.3. The van der Waals surface area contributed by atoms with Crippen LogP contribution >= 0.6 is 11.3 Å². The fourth-order valence-electron chi connectivity index (χ4n) is 1.48. The van der Waals surface area contributed by atoms with Gasteiger partial charge in [0.05, 0.1) is 6.10 Å². The van der Waals surface area contributed by atoms with Gasteiger partial charge in [-0.25, -0.2) is 4.98 Å². The van der Waals surface area contributed by atoms with Gasteiger partial charge in [-0.05, 0) is 31.5 Å². The van der Waals surface area contributed by atoms with Crippen LogP contribution in [0, 0.1) is 6.92 Å². The Labute approximate surface area is 105 Å². The first-order chi connectivity index (χ1) is 8.15. The fraction of sp³-hybridized carbons (Fsp3) is 0.308. The summed E-state index contributed by atoms with van der Waals surface area (Å²) in [6, 6.07) is 7.49. The molecular formula is C13H15NO2S. The zero-order valence-electron chi connectivity index (χ0n) is 9.88. The summed E-state index contributed by atoms with van der Waals surface area (Å²) in [5.41, 5.74) is 1.88. The molecule has 0 saturated carbocycles. The summed E-state index contributed by atoms with van der Waals surface area (Å²) in [6.45, 7) is 4.18. The lowest BCUT2D eigenvalue weighted by molar-refractivity contribution is 0.198. The minimum atomic E-state index is -0.472. The molecule has 1 aromatic carbocycles. The van der Waals surface area contributed by atoms with Crippen LogP contribution in [0.25, 0.3) is 0 Å². The summed E-state index contributed by atoms with van der Waals surface area (Å²) in [5, 5.41) is 12.4. The van der Waals surface area contributed by atoms with E-state index in [-0.39, 0.29) is 0 Å². The topological polar surface area (TPSA) is 42.4 Å². The lowest BCUT2D eigenvalue weighted by atomic mass is 10.1. The molecule has 3 nitrogen and oxygen atoms in total. The maximum absolute atomic E-state index is 9.47. The highest BCUT2D eigenvalue weighted by atomic mass is 32.1. The van der Waals surface area contributed by atoms with Crippen LogP contribution in [0.3, 0.4) is 0 Å². The fourth-order valence-corrected chi connectivity index (χ4v) is 2.16. The Bertz CT molecular complexity index is 494. The highest BCUT2D eigenvalue weighted by Gasteiger charge is 2.03. The predicted octanol–water partition coefficient (Wildman–Crippen LogP) is 3.08. The molecule has 0 aliphatic heterocycles. The maximum Gasteiger partial charge on any atom is 0.140 e. The number of nitrogens with zero attached hydrogens (tertiary/aromatic N) is 1. The Morgan fingerprint density at radius 2 is 2.29 bits per heavy atom. The molecule has 0 amide bonds. The average Bonchev–Trinajstić information content (AvgIpc) is 2.73. The Hall–Kier alpha value is -1.39. The van der Waals surface area contributed by atoms with E-state index < -0.39 is 6.10 Å². The second-order valence-electron chi connectivity index (χ2n) is 3.92. The van der Waals surface area contributed by atoms with Crippen molar-refractivity contribution in [1.29, 1.82) is 0 Å². The molecular weight excluding hydrogens is 234 g/mol. The number of aliphatic hydroxyl groups is 1. The van der Waals surface area contributed by atoms with E-state index >= 15 is 0 Å². The lowest BCUT2D eigenvalue weighted by Gasteiger charge is -2.08. The Balaban J connectivity index is 2.01. The van der Waals surface area contributed by atoms with Crippen molar-refractivity contribution in [1.82, 2.24) is 4.98 Å². The number of aryl methyl sites for hydroxylation is 1. The molecule has 0 bridgehead atoms. The van der Waals surface area contributed by atoms with Gasteiger partial charge in [0.15, 0.2) is 0 Å². The van der Waals surface area contributed by atoms with E-state index in [1.807, 2.05) is 36.6 Å². The summed E-state index contributed by atoms with van der Waals surface area (Å²) in [7, 11) is 0. The third-order valence-electron chi connectivity index (χ3n) is 2.37. The first-order valence-corrected chi connectivity index (χ1v) is 6.35. The molecule has 0 fully saturated rings. The molecule has 0 radical (unpaired) electrons. The normalized spacial score (nSPS) is 12.4. The van der Waals surface area contributed by atoms with Gasteiger partial charge in [0.2, 0.25) is 0 Å². The van der Waals surface area contributed by atoms with E-state index in [4.69, 9.17) is 4.74 Å². The third kappa shape index (κ3) is 3.28. The van der Waals surface area contributed by atoms with E-state index in [0.717, 1.165) is 22.0 Å². The largest absolute Gasteiger partial charge is 0.486 e. The van der Waals surface area contributed by atoms with Gasteiger partial charge in [-0.1, -0.05) is 12.1 Å². The van der Waals surface area contributed by atoms with Crippen LogP contribution in [0.5, 0.6) is 5.75 Å². The van der Waals surface area contributed by atoms with Crippen molar-refractivity contribution < 1.29 is 9.84 Å². The number of benzene rings is 1. The van der Waals surface area contributed by atoms with Gasteiger partial charge in [-0.3, -0.25) is 0 Å². The monoisotopic (exact) mass is 249 g/mol.